The molecule has 2 heteroatoms. The van der Waals surface area contributed by atoms with E-state index in [1.807, 2.05) is 6.07 Å². The minimum absolute atomic E-state index is 0.272. The van der Waals surface area contributed by atoms with Gasteiger partial charge in [-0.15, -0.1) is 0 Å². The third-order valence-corrected chi connectivity index (χ3v) is 2.78. The highest BCUT2D eigenvalue weighted by Crippen LogP contribution is 2.15. The lowest BCUT2D eigenvalue weighted by atomic mass is 10.1. The molecule has 2 rings (SSSR count). The summed E-state index contributed by atoms with van der Waals surface area (Å²) in [5.74, 6) is 0.615. The van der Waals surface area contributed by atoms with Crippen LogP contribution < -0.4 is 11.1 Å². The van der Waals surface area contributed by atoms with Crippen LogP contribution in [0, 0.1) is 5.92 Å². The smallest absolute Gasteiger partial charge is 0.0229 e. The maximum absolute atomic E-state index is 5.79. The van der Waals surface area contributed by atoms with Crippen molar-refractivity contribution in [1.82, 2.24) is 5.32 Å². The van der Waals surface area contributed by atoms with Crippen molar-refractivity contribution >= 4 is 0 Å². The van der Waals surface area contributed by atoms with E-state index in [4.69, 9.17) is 5.73 Å². The van der Waals surface area contributed by atoms with Gasteiger partial charge in [-0.2, -0.15) is 0 Å². The molecule has 1 aliphatic carbocycles. The van der Waals surface area contributed by atoms with Crippen molar-refractivity contribution < 1.29 is 0 Å². The van der Waals surface area contributed by atoms with Crippen LogP contribution in [0.2, 0.25) is 0 Å². The van der Waals surface area contributed by atoms with Crippen molar-refractivity contribution in [3.8, 4) is 0 Å². The summed E-state index contributed by atoms with van der Waals surface area (Å²) < 4.78 is 0. The highest BCUT2D eigenvalue weighted by Gasteiger charge is 2.14. The molecule has 2 atom stereocenters. The molecular formula is C13H18N2. The number of nitrogens with two attached hydrogens (primary N) is 1. The third kappa shape index (κ3) is 3.18. The molecule has 0 saturated heterocycles. The van der Waals surface area contributed by atoms with Crippen LogP contribution in [-0.4, -0.2) is 12.6 Å². The summed E-state index contributed by atoms with van der Waals surface area (Å²) in [5, 5.41) is 3.46. The molecule has 15 heavy (non-hydrogen) atoms. The van der Waals surface area contributed by atoms with Crippen molar-refractivity contribution in [2.45, 2.75) is 19.0 Å². The molecule has 0 amide bonds. The average Bonchev–Trinajstić information content (AvgIpc) is 2.66. The highest BCUT2D eigenvalue weighted by molar-refractivity contribution is 5.14. The van der Waals surface area contributed by atoms with Crippen LogP contribution in [0.1, 0.15) is 12.0 Å². The van der Waals surface area contributed by atoms with E-state index in [9.17, 15) is 0 Å². The molecule has 0 heterocycles. The largest absolute Gasteiger partial charge is 0.324 e. The van der Waals surface area contributed by atoms with Crippen LogP contribution >= 0.6 is 0 Å². The molecule has 1 aromatic rings. The zero-order chi connectivity index (χ0) is 10.5. The zero-order valence-corrected chi connectivity index (χ0v) is 8.89. The molecule has 1 aliphatic rings. The Balaban J connectivity index is 1.70. The molecule has 0 fully saturated rings. The van der Waals surface area contributed by atoms with Crippen LogP contribution in [0.5, 0.6) is 0 Å². The van der Waals surface area contributed by atoms with Crippen molar-refractivity contribution in [2.24, 2.45) is 11.7 Å². The topological polar surface area (TPSA) is 38.0 Å². The molecule has 1 aromatic carbocycles. The van der Waals surface area contributed by atoms with Crippen LogP contribution in [0.25, 0.3) is 0 Å². The van der Waals surface area contributed by atoms with Gasteiger partial charge in [-0.25, -0.2) is 0 Å². The van der Waals surface area contributed by atoms with Crippen LogP contribution in [-0.2, 0) is 6.54 Å². The van der Waals surface area contributed by atoms with Gasteiger partial charge in [0.05, 0.1) is 0 Å². The van der Waals surface area contributed by atoms with Gasteiger partial charge < -0.3 is 11.1 Å². The summed E-state index contributed by atoms with van der Waals surface area (Å²) in [6, 6.07) is 10.7. The molecule has 2 unspecified atom stereocenters. The first-order chi connectivity index (χ1) is 7.34. The summed E-state index contributed by atoms with van der Waals surface area (Å²) in [5.41, 5.74) is 7.13. The van der Waals surface area contributed by atoms with Crippen LogP contribution in [0.4, 0.5) is 0 Å². The van der Waals surface area contributed by atoms with Crippen LogP contribution in [0.3, 0.4) is 0 Å². The Labute approximate surface area is 91.2 Å². The molecule has 0 saturated carbocycles. The number of benzene rings is 1. The van der Waals surface area contributed by atoms with Crippen LogP contribution in [0.15, 0.2) is 42.5 Å². The Morgan fingerprint density at radius 1 is 1.20 bits per heavy atom. The summed E-state index contributed by atoms with van der Waals surface area (Å²) >= 11 is 0. The third-order valence-electron chi connectivity index (χ3n) is 2.78. The van der Waals surface area contributed by atoms with E-state index in [1.54, 1.807) is 0 Å². The van der Waals surface area contributed by atoms with Crippen molar-refractivity contribution in [2.75, 3.05) is 6.54 Å². The van der Waals surface area contributed by atoms with E-state index in [0.29, 0.717) is 5.92 Å². The molecule has 3 N–H and O–H groups in total. The summed E-state index contributed by atoms with van der Waals surface area (Å²) in [6.07, 6.45) is 5.42. The first kappa shape index (κ1) is 10.4. The fraction of sp³-hybridized carbons (Fsp3) is 0.385. The van der Waals surface area contributed by atoms with E-state index in [1.165, 1.54) is 5.56 Å². The van der Waals surface area contributed by atoms with Crippen molar-refractivity contribution in [3.63, 3.8) is 0 Å². The number of nitrogens with one attached hydrogen (secondary N) is 1. The van der Waals surface area contributed by atoms with Gasteiger partial charge in [0.25, 0.3) is 0 Å². The first-order valence-corrected chi connectivity index (χ1v) is 5.53. The van der Waals surface area contributed by atoms with E-state index < -0.39 is 0 Å². The Morgan fingerprint density at radius 3 is 2.67 bits per heavy atom. The minimum atomic E-state index is 0.272. The summed E-state index contributed by atoms with van der Waals surface area (Å²) in [4.78, 5) is 0. The molecule has 80 valence electrons. The van der Waals surface area contributed by atoms with E-state index >= 15 is 0 Å². The molecular weight excluding hydrogens is 184 g/mol. The number of hydrogen-bond acceptors (Lipinski definition) is 2. The molecule has 0 spiro atoms. The SMILES string of the molecule is NC1C=CC(CNCc2ccccc2)C1. The Hall–Kier alpha value is -1.12. The maximum atomic E-state index is 5.79. The standard InChI is InChI=1S/C13H18N2/c14-13-7-6-12(8-13)10-15-9-11-4-2-1-3-5-11/h1-7,12-13,15H,8-10,14H2. The fourth-order valence-electron chi connectivity index (χ4n) is 1.96. The van der Waals surface area contributed by atoms with Gasteiger partial charge in [0.2, 0.25) is 0 Å². The highest BCUT2D eigenvalue weighted by atomic mass is 14.9. The average molecular weight is 202 g/mol. The summed E-state index contributed by atoms with van der Waals surface area (Å²) in [6.45, 7) is 1.97. The van der Waals surface area contributed by atoms with Gasteiger partial charge in [0.1, 0.15) is 0 Å². The summed E-state index contributed by atoms with van der Waals surface area (Å²) in [7, 11) is 0. The van der Waals surface area contributed by atoms with E-state index in [2.05, 4.69) is 41.7 Å². The molecule has 2 nitrogen and oxygen atoms in total. The monoisotopic (exact) mass is 202 g/mol. The Morgan fingerprint density at radius 2 is 2.00 bits per heavy atom. The second-order valence-corrected chi connectivity index (χ2v) is 4.16. The van der Waals surface area contributed by atoms with Gasteiger partial charge in [-0.05, 0) is 17.9 Å². The Kier molecular flexibility index (Phi) is 3.54. The van der Waals surface area contributed by atoms with Crippen molar-refractivity contribution in [1.29, 1.82) is 0 Å². The van der Waals surface area contributed by atoms with Gasteiger partial charge in [-0.3, -0.25) is 0 Å². The lowest BCUT2D eigenvalue weighted by Crippen LogP contribution is -2.23. The fourth-order valence-corrected chi connectivity index (χ4v) is 1.96. The second-order valence-electron chi connectivity index (χ2n) is 4.16. The Bertz CT molecular complexity index is 319. The predicted octanol–water partition coefficient (Wildman–Crippen LogP) is 1.68. The van der Waals surface area contributed by atoms with Gasteiger partial charge in [0, 0.05) is 19.1 Å². The van der Waals surface area contributed by atoms with Crippen molar-refractivity contribution in [3.05, 3.63) is 48.0 Å². The molecule has 0 radical (unpaired) electrons. The molecule has 0 aromatic heterocycles. The predicted molar refractivity (Wildman–Crippen MR) is 63.4 cm³/mol. The second kappa shape index (κ2) is 5.10. The normalized spacial score (nSPS) is 24.6. The van der Waals surface area contributed by atoms with E-state index in [0.717, 1.165) is 19.5 Å². The maximum Gasteiger partial charge on any atom is 0.0229 e. The van der Waals surface area contributed by atoms with E-state index in [-0.39, 0.29) is 6.04 Å². The van der Waals surface area contributed by atoms with Gasteiger partial charge in [-0.1, -0.05) is 42.5 Å². The first-order valence-electron chi connectivity index (χ1n) is 5.53. The molecule has 0 aliphatic heterocycles. The minimum Gasteiger partial charge on any atom is -0.324 e. The van der Waals surface area contributed by atoms with Gasteiger partial charge in [0.15, 0.2) is 0 Å². The number of hydrogen-bond donors (Lipinski definition) is 2. The zero-order valence-electron chi connectivity index (χ0n) is 8.89. The lowest BCUT2D eigenvalue weighted by Gasteiger charge is -2.10. The lowest BCUT2D eigenvalue weighted by molar-refractivity contribution is 0.528. The van der Waals surface area contributed by atoms with Gasteiger partial charge >= 0.3 is 0 Å². The number of rotatable bonds is 4. The molecule has 0 bridgehead atoms. The quantitative estimate of drug-likeness (QED) is 0.729.